The second kappa shape index (κ2) is 12.5. The van der Waals surface area contributed by atoms with E-state index in [1.54, 1.807) is 41.8 Å². The van der Waals surface area contributed by atoms with Crippen LogP contribution in [0.1, 0.15) is 39.9 Å². The lowest BCUT2D eigenvalue weighted by Crippen LogP contribution is -2.37. The number of sulfonamides is 1. The molecule has 0 saturated heterocycles. The summed E-state index contributed by atoms with van der Waals surface area (Å²) in [5.41, 5.74) is 0.710. The van der Waals surface area contributed by atoms with E-state index in [0.717, 1.165) is 12.4 Å². The van der Waals surface area contributed by atoms with Crippen LogP contribution in [0.15, 0.2) is 58.3 Å². The van der Waals surface area contributed by atoms with Crippen molar-refractivity contribution in [3.63, 3.8) is 0 Å². The summed E-state index contributed by atoms with van der Waals surface area (Å²) in [6.07, 6.45) is 8.64. The third-order valence-electron chi connectivity index (χ3n) is 6.28. The summed E-state index contributed by atoms with van der Waals surface area (Å²) < 4.78 is 62.5. The number of furan rings is 1. The van der Waals surface area contributed by atoms with Crippen molar-refractivity contribution in [2.75, 3.05) is 36.2 Å². The van der Waals surface area contributed by atoms with E-state index in [1.165, 1.54) is 31.0 Å². The molecule has 0 amide bonds. The molecular formula is C28H35FN6O5S2. The van der Waals surface area contributed by atoms with Crippen molar-refractivity contribution in [2.45, 2.75) is 34.1 Å². The molecule has 0 saturated carbocycles. The fraction of sp³-hybridized carbons (Fsp3) is 0.357. The lowest BCUT2D eigenvalue weighted by molar-refractivity contribution is 0.410. The predicted octanol–water partition coefficient (Wildman–Crippen LogP) is 5.84. The number of ether oxygens (including phenoxy) is 1. The van der Waals surface area contributed by atoms with Gasteiger partial charge in [-0.2, -0.15) is 0 Å². The highest BCUT2D eigenvalue weighted by Crippen LogP contribution is 2.49. The maximum absolute atomic E-state index is 14.3. The SMILES string of the molecule is CCC.COc1cccc2c1-n1c(-c3ccco3)nnc1N(S(=O)(=O)/C(C)=C(/C)c1ncc(F)cn1)CCS(C)(C)O2. The van der Waals surface area contributed by atoms with Gasteiger partial charge in [-0.1, -0.05) is 36.6 Å². The first-order valence-electron chi connectivity index (χ1n) is 13.2. The van der Waals surface area contributed by atoms with Gasteiger partial charge in [0, 0.05) is 17.9 Å². The summed E-state index contributed by atoms with van der Waals surface area (Å²) >= 11 is 0. The number of halogens is 1. The van der Waals surface area contributed by atoms with Gasteiger partial charge < -0.3 is 13.3 Å². The maximum atomic E-state index is 14.3. The van der Waals surface area contributed by atoms with Crippen molar-refractivity contribution in [3.05, 3.63) is 65.5 Å². The van der Waals surface area contributed by atoms with Crippen LogP contribution in [0.5, 0.6) is 11.5 Å². The molecule has 3 aromatic heterocycles. The Hall–Kier alpha value is -3.91. The van der Waals surface area contributed by atoms with Crippen molar-refractivity contribution in [3.8, 4) is 28.8 Å². The van der Waals surface area contributed by atoms with Gasteiger partial charge in [-0.15, -0.1) is 10.2 Å². The molecule has 0 radical (unpaired) electrons. The second-order valence-corrected chi connectivity index (χ2v) is 15.3. The lowest BCUT2D eigenvalue weighted by Gasteiger charge is -2.33. The fourth-order valence-electron chi connectivity index (χ4n) is 4.10. The zero-order valence-corrected chi connectivity index (χ0v) is 26.3. The molecule has 1 aliphatic rings. The molecule has 1 aliphatic heterocycles. The van der Waals surface area contributed by atoms with Crippen LogP contribution in [-0.4, -0.2) is 65.1 Å². The molecule has 4 heterocycles. The number of para-hydroxylation sites is 1. The van der Waals surface area contributed by atoms with Crippen LogP contribution in [0.4, 0.5) is 10.3 Å². The van der Waals surface area contributed by atoms with Crippen LogP contribution < -0.4 is 13.2 Å². The highest BCUT2D eigenvalue weighted by molar-refractivity contribution is 8.29. The van der Waals surface area contributed by atoms with Crippen LogP contribution in [0.25, 0.3) is 22.8 Å². The summed E-state index contributed by atoms with van der Waals surface area (Å²) in [6, 6.07) is 8.75. The molecule has 0 atom stereocenters. The fourth-order valence-corrected chi connectivity index (χ4v) is 7.02. The van der Waals surface area contributed by atoms with E-state index in [0.29, 0.717) is 28.7 Å². The normalized spacial score (nSPS) is 15.8. The van der Waals surface area contributed by atoms with E-state index >= 15 is 0 Å². The summed E-state index contributed by atoms with van der Waals surface area (Å²) in [5.74, 6) is 1.45. The van der Waals surface area contributed by atoms with Crippen molar-refractivity contribution in [1.82, 2.24) is 24.7 Å². The molecule has 42 heavy (non-hydrogen) atoms. The number of anilines is 1. The van der Waals surface area contributed by atoms with Crippen LogP contribution in [0.3, 0.4) is 0 Å². The van der Waals surface area contributed by atoms with Gasteiger partial charge in [-0.25, -0.2) is 27.1 Å². The van der Waals surface area contributed by atoms with Gasteiger partial charge in [0.1, 0.15) is 11.4 Å². The minimum Gasteiger partial charge on any atom is -0.494 e. The van der Waals surface area contributed by atoms with Crippen molar-refractivity contribution >= 4 is 31.9 Å². The smallest absolute Gasteiger partial charge is 0.262 e. The third-order valence-corrected chi connectivity index (χ3v) is 10.1. The van der Waals surface area contributed by atoms with Crippen molar-refractivity contribution < 1.29 is 26.1 Å². The number of rotatable bonds is 5. The highest BCUT2D eigenvalue weighted by atomic mass is 32.3. The number of nitrogens with zero attached hydrogens (tertiary/aromatic N) is 6. The maximum Gasteiger partial charge on any atom is 0.262 e. The lowest BCUT2D eigenvalue weighted by atomic mass is 10.2. The highest BCUT2D eigenvalue weighted by Gasteiger charge is 2.37. The molecule has 0 bridgehead atoms. The van der Waals surface area contributed by atoms with E-state index < -0.39 is 26.1 Å². The minimum atomic E-state index is -4.21. The van der Waals surface area contributed by atoms with E-state index in [2.05, 4.69) is 34.0 Å². The first kappa shape index (κ1) is 31.0. The second-order valence-electron chi connectivity index (χ2n) is 9.86. The molecule has 1 aromatic carbocycles. The summed E-state index contributed by atoms with van der Waals surface area (Å²) in [7, 11) is -4.49. The summed E-state index contributed by atoms with van der Waals surface area (Å²) in [6.45, 7) is 7.33. The van der Waals surface area contributed by atoms with Gasteiger partial charge in [-0.05, 0) is 50.6 Å². The number of fused-ring (bicyclic) bond motifs is 3. The molecule has 4 aromatic rings. The van der Waals surface area contributed by atoms with Crippen LogP contribution in [0, 0.1) is 5.82 Å². The quantitative estimate of drug-likeness (QED) is 0.271. The molecule has 0 aliphatic carbocycles. The number of aromatic nitrogens is 5. The Kier molecular flexibility index (Phi) is 9.26. The van der Waals surface area contributed by atoms with E-state index in [1.807, 2.05) is 12.5 Å². The first-order chi connectivity index (χ1) is 19.9. The van der Waals surface area contributed by atoms with E-state index in [9.17, 15) is 12.8 Å². The van der Waals surface area contributed by atoms with Gasteiger partial charge in [0.15, 0.2) is 23.2 Å². The van der Waals surface area contributed by atoms with Gasteiger partial charge in [0.05, 0.1) is 30.7 Å². The molecule has 0 fully saturated rings. The number of hydrogen-bond donors (Lipinski definition) is 0. The van der Waals surface area contributed by atoms with Crippen molar-refractivity contribution in [1.29, 1.82) is 0 Å². The van der Waals surface area contributed by atoms with Crippen LogP contribution in [0.2, 0.25) is 0 Å². The Bertz CT molecular complexity index is 1670. The largest absolute Gasteiger partial charge is 0.494 e. The number of allylic oxidation sites excluding steroid dienone is 2. The average Bonchev–Trinajstić information content (AvgIpc) is 3.63. The zero-order chi connectivity index (χ0) is 30.7. The monoisotopic (exact) mass is 618 g/mol. The molecule has 5 rings (SSSR count). The summed E-state index contributed by atoms with van der Waals surface area (Å²) in [5, 5.41) is 8.67. The van der Waals surface area contributed by atoms with Crippen LogP contribution >= 0.6 is 10.3 Å². The van der Waals surface area contributed by atoms with Gasteiger partial charge in [0.25, 0.3) is 10.0 Å². The number of benzene rings is 1. The van der Waals surface area contributed by atoms with Gasteiger partial charge >= 0.3 is 0 Å². The average molecular weight is 619 g/mol. The molecule has 0 N–H and O–H groups in total. The molecule has 226 valence electrons. The van der Waals surface area contributed by atoms with Gasteiger partial charge in [-0.3, -0.25) is 4.57 Å². The van der Waals surface area contributed by atoms with Crippen LogP contribution in [-0.2, 0) is 10.0 Å². The first-order valence-corrected chi connectivity index (χ1v) is 17.2. The minimum absolute atomic E-state index is 0.0172. The Morgan fingerprint density at radius 2 is 1.79 bits per heavy atom. The Balaban J connectivity index is 0.00000129. The zero-order valence-electron chi connectivity index (χ0n) is 24.7. The molecule has 0 spiro atoms. The van der Waals surface area contributed by atoms with Crippen molar-refractivity contribution in [2.24, 2.45) is 0 Å². The molecular weight excluding hydrogens is 583 g/mol. The molecule has 14 heteroatoms. The van der Waals surface area contributed by atoms with E-state index in [4.69, 9.17) is 13.3 Å². The molecule has 11 nitrogen and oxygen atoms in total. The Morgan fingerprint density at radius 1 is 1.10 bits per heavy atom. The van der Waals surface area contributed by atoms with Gasteiger partial charge in [0.2, 0.25) is 11.8 Å². The van der Waals surface area contributed by atoms with E-state index in [-0.39, 0.29) is 34.6 Å². The topological polar surface area (TPSA) is 125 Å². The molecule has 0 unspecified atom stereocenters. The predicted molar refractivity (Wildman–Crippen MR) is 163 cm³/mol. The third kappa shape index (κ3) is 6.14. The number of methoxy groups -OCH3 is 1. The Labute approximate surface area is 247 Å². The Morgan fingerprint density at radius 3 is 2.40 bits per heavy atom. The summed E-state index contributed by atoms with van der Waals surface area (Å²) in [4.78, 5) is 7.90. The standard InChI is InChI=1S/C25H27FN6O5S2.C3H8/c1-16(23-27-14-18(26)15-28-23)17(2)39(33,34)31-11-13-38(4,5)37-20-9-6-8-19(35-3)22(20)32-24(29-30-25(31)32)21-10-7-12-36-21;1-3-2/h6-10,12,14-15H,11,13H2,1-5H3;3H2,1-2H3/b17-16-;. The number of hydrogen-bond acceptors (Lipinski definition) is 9.